The molecule has 0 bridgehead atoms. The molecular formula is C15H28O6. The van der Waals surface area contributed by atoms with Crippen molar-refractivity contribution in [3.05, 3.63) is 0 Å². The van der Waals surface area contributed by atoms with Gasteiger partial charge in [0.1, 0.15) is 5.78 Å². The van der Waals surface area contributed by atoms with E-state index in [4.69, 9.17) is 14.2 Å². The molecule has 0 heterocycles. The number of ether oxygens (including phenoxy) is 3. The number of ketones is 2. The Kier molecular flexibility index (Phi) is 14.4. The monoisotopic (exact) mass is 304 g/mol. The van der Waals surface area contributed by atoms with Gasteiger partial charge >= 0.3 is 5.97 Å². The highest BCUT2D eigenvalue weighted by atomic mass is 16.6. The lowest BCUT2D eigenvalue weighted by molar-refractivity contribution is -0.162. The zero-order chi connectivity index (χ0) is 16.8. The van der Waals surface area contributed by atoms with Gasteiger partial charge < -0.3 is 19.0 Å². The molecule has 0 amide bonds. The minimum absolute atomic E-state index is 0.174. The fraction of sp³-hybridized carbons (Fsp3) is 0.800. The molecular weight excluding hydrogens is 276 g/mol. The highest BCUT2D eigenvalue weighted by Gasteiger charge is 2.18. The zero-order valence-electron chi connectivity index (χ0n) is 13.9. The van der Waals surface area contributed by atoms with Crippen LogP contribution in [0.3, 0.4) is 0 Å². The lowest BCUT2D eigenvalue weighted by Crippen LogP contribution is -2.29. The lowest BCUT2D eigenvalue weighted by atomic mass is 10.2. The van der Waals surface area contributed by atoms with Crippen LogP contribution in [0.1, 0.15) is 47.0 Å². The molecule has 0 saturated heterocycles. The molecule has 2 unspecified atom stereocenters. The second-order valence-corrected chi connectivity index (χ2v) is 4.72. The van der Waals surface area contributed by atoms with Crippen LogP contribution in [-0.2, 0) is 28.6 Å². The summed E-state index contributed by atoms with van der Waals surface area (Å²) in [5.74, 6) is -0.419. The van der Waals surface area contributed by atoms with Gasteiger partial charge in [0.05, 0.1) is 0 Å². The van der Waals surface area contributed by atoms with Crippen molar-refractivity contribution in [2.45, 2.75) is 59.2 Å². The van der Waals surface area contributed by atoms with Crippen molar-refractivity contribution < 1.29 is 28.6 Å². The van der Waals surface area contributed by atoms with Crippen LogP contribution in [0.15, 0.2) is 0 Å². The van der Waals surface area contributed by atoms with Gasteiger partial charge in [-0.15, -0.1) is 0 Å². The van der Waals surface area contributed by atoms with E-state index in [-0.39, 0.29) is 11.6 Å². The fourth-order valence-corrected chi connectivity index (χ4v) is 1.07. The van der Waals surface area contributed by atoms with Crippen LogP contribution in [0, 0.1) is 0 Å². The van der Waals surface area contributed by atoms with Gasteiger partial charge in [0.25, 0.3) is 0 Å². The van der Waals surface area contributed by atoms with Crippen molar-refractivity contribution in [1.82, 2.24) is 0 Å². The number of rotatable bonds is 9. The smallest absolute Gasteiger partial charge is 0.335 e. The molecule has 0 aliphatic carbocycles. The number of Topliss-reactive ketones (excluding diaryl/α,β-unsaturated/α-hetero) is 2. The third kappa shape index (κ3) is 14.9. The maximum atomic E-state index is 11.0. The summed E-state index contributed by atoms with van der Waals surface area (Å²) in [4.78, 5) is 32.0. The van der Waals surface area contributed by atoms with Gasteiger partial charge in [-0.25, -0.2) is 4.79 Å². The summed E-state index contributed by atoms with van der Waals surface area (Å²) in [5.41, 5.74) is 0. The van der Waals surface area contributed by atoms with Crippen molar-refractivity contribution in [2.75, 3.05) is 20.8 Å². The Hall–Kier alpha value is -1.27. The highest BCUT2D eigenvalue weighted by molar-refractivity contribution is 5.84. The minimum atomic E-state index is -0.685. The molecule has 0 aromatic rings. The van der Waals surface area contributed by atoms with Gasteiger partial charge in [0.2, 0.25) is 0 Å². The van der Waals surface area contributed by atoms with Gasteiger partial charge in [-0.05, 0) is 40.5 Å². The molecule has 0 aliphatic rings. The number of esters is 1. The van der Waals surface area contributed by atoms with Crippen LogP contribution in [0.4, 0.5) is 0 Å². The predicted molar refractivity (Wildman–Crippen MR) is 79.1 cm³/mol. The van der Waals surface area contributed by atoms with E-state index in [0.717, 1.165) is 19.4 Å². The van der Waals surface area contributed by atoms with Crippen molar-refractivity contribution in [1.29, 1.82) is 0 Å². The van der Waals surface area contributed by atoms with E-state index in [1.54, 1.807) is 21.0 Å². The average molecular weight is 304 g/mol. The van der Waals surface area contributed by atoms with E-state index in [1.807, 2.05) is 0 Å². The Labute approximate surface area is 127 Å². The third-order valence-electron chi connectivity index (χ3n) is 2.68. The number of carbonyl (C=O) groups excluding carboxylic acids is 3. The summed E-state index contributed by atoms with van der Waals surface area (Å²) in [6, 6.07) is 0. The average Bonchev–Trinajstić information content (AvgIpc) is 2.42. The molecule has 21 heavy (non-hydrogen) atoms. The first kappa shape index (κ1) is 22.0. The highest BCUT2D eigenvalue weighted by Crippen LogP contribution is 1.98. The number of unbranched alkanes of at least 4 members (excludes halogenated alkanes) is 1. The molecule has 0 aliphatic heterocycles. The Morgan fingerprint density at radius 2 is 1.52 bits per heavy atom. The summed E-state index contributed by atoms with van der Waals surface area (Å²) in [7, 11) is 3.08. The first-order chi connectivity index (χ1) is 9.76. The van der Waals surface area contributed by atoms with Crippen molar-refractivity contribution >= 4 is 17.5 Å². The van der Waals surface area contributed by atoms with Gasteiger partial charge in [-0.1, -0.05) is 0 Å². The topological polar surface area (TPSA) is 78.9 Å². The molecule has 0 spiro atoms. The molecule has 0 fully saturated rings. The molecule has 2 atom stereocenters. The largest absolute Gasteiger partial charge is 0.453 e. The summed E-state index contributed by atoms with van der Waals surface area (Å²) in [6.07, 6.45) is 1.35. The van der Waals surface area contributed by atoms with E-state index < -0.39 is 18.2 Å². The predicted octanol–water partition coefficient (Wildman–Crippen LogP) is 1.93. The Morgan fingerprint density at radius 1 is 0.952 bits per heavy atom. The van der Waals surface area contributed by atoms with Crippen LogP contribution in [-0.4, -0.2) is 50.6 Å². The lowest BCUT2D eigenvalue weighted by Gasteiger charge is -2.13. The van der Waals surface area contributed by atoms with Gasteiger partial charge in [-0.3, -0.25) is 4.79 Å². The summed E-state index contributed by atoms with van der Waals surface area (Å²) < 4.78 is 14.3. The standard InChI is InChI=1S/C8H14O4.C7H14O2/c1-5(9)6(2)12-8(10)7(3)11-4;1-7(8)5-3-4-6-9-2/h6-7H,1-4H3;3-6H2,1-2H3. The van der Waals surface area contributed by atoms with Crippen LogP contribution in [0.25, 0.3) is 0 Å². The van der Waals surface area contributed by atoms with E-state index in [9.17, 15) is 14.4 Å². The molecule has 6 nitrogen and oxygen atoms in total. The molecule has 0 aromatic heterocycles. The van der Waals surface area contributed by atoms with Gasteiger partial charge in [0, 0.05) is 27.2 Å². The number of methoxy groups -OCH3 is 2. The normalized spacial score (nSPS) is 12.7. The Bertz CT molecular complexity index is 313. The number of hydrogen-bond acceptors (Lipinski definition) is 6. The van der Waals surface area contributed by atoms with Gasteiger partial charge in [-0.2, -0.15) is 0 Å². The van der Waals surface area contributed by atoms with Crippen LogP contribution < -0.4 is 0 Å². The molecule has 0 N–H and O–H groups in total. The van der Waals surface area contributed by atoms with E-state index in [0.29, 0.717) is 6.42 Å². The van der Waals surface area contributed by atoms with Crippen molar-refractivity contribution in [2.24, 2.45) is 0 Å². The van der Waals surface area contributed by atoms with Crippen LogP contribution >= 0.6 is 0 Å². The zero-order valence-corrected chi connectivity index (χ0v) is 13.9. The fourth-order valence-electron chi connectivity index (χ4n) is 1.07. The Balaban J connectivity index is 0. The first-order valence-electron chi connectivity index (χ1n) is 6.98. The second kappa shape index (κ2) is 13.7. The maximum absolute atomic E-state index is 11.0. The SMILES string of the molecule is COC(C)C(=O)OC(C)C(C)=O.COCCCCC(C)=O. The van der Waals surface area contributed by atoms with Crippen LogP contribution in [0.5, 0.6) is 0 Å². The quantitative estimate of drug-likeness (QED) is 0.478. The first-order valence-corrected chi connectivity index (χ1v) is 6.98. The molecule has 0 radical (unpaired) electrons. The molecule has 124 valence electrons. The number of carbonyl (C=O) groups is 3. The second-order valence-electron chi connectivity index (χ2n) is 4.72. The summed E-state index contributed by atoms with van der Waals surface area (Å²) in [5, 5.41) is 0. The molecule has 0 aromatic carbocycles. The van der Waals surface area contributed by atoms with E-state index >= 15 is 0 Å². The van der Waals surface area contributed by atoms with Crippen molar-refractivity contribution in [3.8, 4) is 0 Å². The van der Waals surface area contributed by atoms with Gasteiger partial charge in [0.15, 0.2) is 18.0 Å². The van der Waals surface area contributed by atoms with Crippen LogP contribution in [0.2, 0.25) is 0 Å². The Morgan fingerprint density at radius 3 is 1.90 bits per heavy atom. The third-order valence-corrected chi connectivity index (χ3v) is 2.68. The molecule has 0 rings (SSSR count). The van der Waals surface area contributed by atoms with Crippen molar-refractivity contribution in [3.63, 3.8) is 0 Å². The van der Waals surface area contributed by atoms with E-state index in [2.05, 4.69) is 0 Å². The van der Waals surface area contributed by atoms with E-state index in [1.165, 1.54) is 21.0 Å². The number of hydrogen-bond donors (Lipinski definition) is 0. The summed E-state index contributed by atoms with van der Waals surface area (Å²) >= 11 is 0. The molecule has 6 heteroatoms. The molecule has 0 saturated carbocycles. The summed E-state index contributed by atoms with van der Waals surface area (Å²) in [6.45, 7) is 6.85. The minimum Gasteiger partial charge on any atom is -0.453 e. The maximum Gasteiger partial charge on any atom is 0.335 e.